The number of ether oxygens (including phenoxy) is 2. The van der Waals surface area contributed by atoms with Gasteiger partial charge in [0.1, 0.15) is 24.2 Å². The van der Waals surface area contributed by atoms with E-state index >= 15 is 0 Å². The maximum atomic E-state index is 13.7. The first-order chi connectivity index (χ1) is 14.4. The highest BCUT2D eigenvalue weighted by Gasteiger charge is 2.41. The lowest BCUT2D eigenvalue weighted by molar-refractivity contribution is -0.150. The highest BCUT2D eigenvalue weighted by atomic mass is 32.2. The Bertz CT molecular complexity index is 1010. The second-order valence-electron chi connectivity index (χ2n) is 6.43. The summed E-state index contributed by atoms with van der Waals surface area (Å²) in [6.45, 7) is 3.33. The summed E-state index contributed by atoms with van der Waals surface area (Å²) in [4.78, 5) is 37.9. The fourth-order valence-corrected chi connectivity index (χ4v) is 3.71. The third-order valence-corrected chi connectivity index (χ3v) is 5.23. The van der Waals surface area contributed by atoms with E-state index in [1.165, 1.54) is 13.0 Å². The molecule has 1 saturated heterocycles. The summed E-state index contributed by atoms with van der Waals surface area (Å²) < 4.78 is 24.3. The normalized spacial score (nSPS) is 16.1. The molecule has 0 N–H and O–H groups in total. The van der Waals surface area contributed by atoms with Crippen LogP contribution in [0.25, 0.3) is 6.08 Å². The van der Waals surface area contributed by atoms with Crippen molar-refractivity contribution in [3.05, 3.63) is 70.4 Å². The Balaban J connectivity index is 1.73. The molecule has 3 rings (SSSR count). The van der Waals surface area contributed by atoms with Crippen molar-refractivity contribution >= 4 is 35.0 Å². The Hall–Kier alpha value is -3.13. The smallest absolute Gasteiger partial charge is 0.329 e. The summed E-state index contributed by atoms with van der Waals surface area (Å²) in [6.07, 6.45) is 1.55. The Morgan fingerprint density at radius 2 is 1.97 bits per heavy atom. The van der Waals surface area contributed by atoms with Crippen molar-refractivity contribution in [3.8, 4) is 5.75 Å². The first kappa shape index (κ1) is 21.6. The molecule has 0 aromatic heterocycles. The van der Waals surface area contributed by atoms with E-state index in [0.717, 1.165) is 16.7 Å². The zero-order valence-corrected chi connectivity index (χ0v) is 17.3. The van der Waals surface area contributed by atoms with Crippen LogP contribution in [0.3, 0.4) is 0 Å². The van der Waals surface area contributed by atoms with E-state index < -0.39 is 23.2 Å². The molecule has 1 aliphatic rings. The molecular weight excluding hydrogens is 409 g/mol. The standard InChI is InChI=1S/C22H20FNO5S/c1-3-28-21(26)14(2)24-20(25)19(30-22(24)27)12-15-7-6-9-17(11-15)29-13-16-8-4-5-10-18(16)23/h4-12,14H,3,13H2,1-2H3/b19-12+/t14-/m0/s1. The van der Waals surface area contributed by atoms with Crippen molar-refractivity contribution in [2.75, 3.05) is 6.61 Å². The van der Waals surface area contributed by atoms with Crippen molar-refractivity contribution in [2.24, 2.45) is 0 Å². The van der Waals surface area contributed by atoms with Gasteiger partial charge < -0.3 is 9.47 Å². The van der Waals surface area contributed by atoms with E-state index in [0.29, 0.717) is 16.9 Å². The fourth-order valence-electron chi connectivity index (χ4n) is 2.80. The molecule has 2 aromatic rings. The Morgan fingerprint density at radius 3 is 2.70 bits per heavy atom. The lowest BCUT2D eigenvalue weighted by atomic mass is 10.2. The van der Waals surface area contributed by atoms with Crippen LogP contribution >= 0.6 is 11.8 Å². The van der Waals surface area contributed by atoms with Gasteiger partial charge in [-0.05, 0) is 55.4 Å². The molecule has 0 unspecified atom stereocenters. The van der Waals surface area contributed by atoms with Crippen molar-refractivity contribution in [2.45, 2.75) is 26.5 Å². The largest absolute Gasteiger partial charge is 0.489 e. The number of esters is 1. The minimum atomic E-state index is -1.00. The number of halogens is 1. The summed E-state index contributed by atoms with van der Waals surface area (Å²) in [6, 6.07) is 12.2. The predicted molar refractivity (Wildman–Crippen MR) is 111 cm³/mol. The van der Waals surface area contributed by atoms with Gasteiger partial charge in [0.2, 0.25) is 0 Å². The van der Waals surface area contributed by atoms with E-state index in [9.17, 15) is 18.8 Å². The molecule has 1 heterocycles. The number of thioether (sulfide) groups is 1. The maximum Gasteiger partial charge on any atom is 0.329 e. The second-order valence-corrected chi connectivity index (χ2v) is 7.43. The summed E-state index contributed by atoms with van der Waals surface area (Å²) in [7, 11) is 0. The van der Waals surface area contributed by atoms with Gasteiger partial charge in [0.15, 0.2) is 0 Å². The Kier molecular flexibility index (Phi) is 6.89. The van der Waals surface area contributed by atoms with Crippen LogP contribution in [0.1, 0.15) is 25.0 Å². The molecule has 8 heteroatoms. The molecule has 0 aliphatic carbocycles. The number of rotatable bonds is 7. The van der Waals surface area contributed by atoms with Gasteiger partial charge in [0, 0.05) is 5.56 Å². The molecule has 30 heavy (non-hydrogen) atoms. The highest BCUT2D eigenvalue weighted by molar-refractivity contribution is 8.18. The molecule has 0 bridgehead atoms. The van der Waals surface area contributed by atoms with Gasteiger partial charge in [-0.3, -0.25) is 14.5 Å². The van der Waals surface area contributed by atoms with Crippen LogP contribution in [0.5, 0.6) is 5.75 Å². The summed E-state index contributed by atoms with van der Waals surface area (Å²) >= 11 is 0.759. The Morgan fingerprint density at radius 1 is 1.20 bits per heavy atom. The molecule has 6 nitrogen and oxygen atoms in total. The first-order valence-corrected chi connectivity index (χ1v) is 10.1. The SMILES string of the molecule is CCOC(=O)[C@H](C)N1C(=O)S/C(=C/c2cccc(OCc3ccccc3F)c2)C1=O. The molecule has 0 spiro atoms. The number of imide groups is 1. The van der Waals surface area contributed by atoms with Crippen molar-refractivity contribution in [1.29, 1.82) is 0 Å². The minimum absolute atomic E-state index is 0.0592. The van der Waals surface area contributed by atoms with E-state index in [-0.39, 0.29) is 23.9 Å². The van der Waals surface area contributed by atoms with Gasteiger partial charge >= 0.3 is 5.97 Å². The number of carbonyl (C=O) groups excluding carboxylic acids is 3. The van der Waals surface area contributed by atoms with Crippen LogP contribution in [0.4, 0.5) is 9.18 Å². The number of benzene rings is 2. The monoisotopic (exact) mass is 429 g/mol. The average molecular weight is 429 g/mol. The number of nitrogens with zero attached hydrogens (tertiary/aromatic N) is 1. The van der Waals surface area contributed by atoms with Gasteiger partial charge in [-0.25, -0.2) is 9.18 Å². The number of amides is 2. The van der Waals surface area contributed by atoms with Gasteiger partial charge in [0.25, 0.3) is 11.1 Å². The Labute approximate surface area is 177 Å². The first-order valence-electron chi connectivity index (χ1n) is 9.30. The van der Waals surface area contributed by atoms with Gasteiger partial charge in [-0.2, -0.15) is 0 Å². The zero-order chi connectivity index (χ0) is 21.7. The molecule has 1 fully saturated rings. The van der Waals surface area contributed by atoms with E-state index in [4.69, 9.17) is 9.47 Å². The fraction of sp³-hybridized carbons (Fsp3) is 0.227. The van der Waals surface area contributed by atoms with Crippen LogP contribution in [-0.2, 0) is 20.9 Å². The lowest BCUT2D eigenvalue weighted by Gasteiger charge is -2.19. The van der Waals surface area contributed by atoms with Gasteiger partial charge in [-0.15, -0.1) is 0 Å². The molecule has 1 atom stereocenters. The lowest BCUT2D eigenvalue weighted by Crippen LogP contribution is -2.42. The van der Waals surface area contributed by atoms with Crippen LogP contribution in [-0.4, -0.2) is 34.7 Å². The van der Waals surface area contributed by atoms with Crippen molar-refractivity contribution in [3.63, 3.8) is 0 Å². The van der Waals surface area contributed by atoms with Crippen molar-refractivity contribution in [1.82, 2.24) is 4.90 Å². The van der Waals surface area contributed by atoms with Crippen LogP contribution in [0.2, 0.25) is 0 Å². The van der Waals surface area contributed by atoms with Crippen LogP contribution in [0.15, 0.2) is 53.4 Å². The van der Waals surface area contributed by atoms with Crippen LogP contribution < -0.4 is 4.74 Å². The molecule has 0 radical (unpaired) electrons. The maximum absolute atomic E-state index is 13.7. The van der Waals surface area contributed by atoms with E-state index in [2.05, 4.69) is 0 Å². The molecule has 2 amide bonds. The molecule has 2 aromatic carbocycles. The number of hydrogen-bond acceptors (Lipinski definition) is 6. The summed E-state index contributed by atoms with van der Waals surface area (Å²) in [5, 5.41) is -0.529. The van der Waals surface area contributed by atoms with Gasteiger partial charge in [0.05, 0.1) is 11.5 Å². The topological polar surface area (TPSA) is 72.9 Å². The summed E-state index contributed by atoms with van der Waals surface area (Å²) in [5.41, 5.74) is 1.06. The summed E-state index contributed by atoms with van der Waals surface area (Å²) in [5.74, 6) is -1.04. The molecule has 1 aliphatic heterocycles. The second kappa shape index (κ2) is 9.58. The minimum Gasteiger partial charge on any atom is -0.489 e. The predicted octanol–water partition coefficient (Wildman–Crippen LogP) is 4.39. The van der Waals surface area contributed by atoms with Gasteiger partial charge in [-0.1, -0.05) is 30.3 Å². The van der Waals surface area contributed by atoms with Crippen molar-refractivity contribution < 1.29 is 28.2 Å². The molecule has 156 valence electrons. The quantitative estimate of drug-likeness (QED) is 0.480. The highest BCUT2D eigenvalue weighted by Crippen LogP contribution is 2.34. The number of hydrogen-bond donors (Lipinski definition) is 0. The third kappa shape index (κ3) is 4.88. The third-order valence-electron chi connectivity index (χ3n) is 4.35. The van der Waals surface area contributed by atoms with Crippen LogP contribution in [0, 0.1) is 5.82 Å². The molecule has 0 saturated carbocycles. The average Bonchev–Trinajstić information content (AvgIpc) is 3.00. The zero-order valence-electron chi connectivity index (χ0n) is 16.5. The van der Waals surface area contributed by atoms with E-state index in [1.54, 1.807) is 55.5 Å². The number of carbonyl (C=O) groups is 3. The van der Waals surface area contributed by atoms with E-state index in [1.807, 2.05) is 0 Å². The molecular formula is C22H20FNO5S.